The average Bonchev–Trinajstić information content (AvgIpc) is 3.94. The van der Waals surface area contributed by atoms with Gasteiger partial charge < -0.3 is 13.4 Å². The maximum Gasteiger partial charge on any atom is 0.164 e. The van der Waals surface area contributed by atoms with Crippen LogP contribution in [0.3, 0.4) is 0 Å². The van der Waals surface area contributed by atoms with Crippen molar-refractivity contribution in [2.45, 2.75) is 0 Å². The first-order chi connectivity index (χ1) is 28.2. The minimum absolute atomic E-state index is 0.581. The van der Waals surface area contributed by atoms with E-state index in [-0.39, 0.29) is 0 Å². The zero-order chi connectivity index (χ0) is 37.5. The fourth-order valence-corrected chi connectivity index (χ4v) is 8.41. The van der Waals surface area contributed by atoms with Crippen molar-refractivity contribution in [2.75, 3.05) is 0 Å². The first kappa shape index (κ1) is 31.5. The molecule has 0 unspecified atom stereocenters. The average molecular weight is 731 g/mol. The monoisotopic (exact) mass is 730 g/mol. The van der Waals surface area contributed by atoms with Crippen LogP contribution in [-0.4, -0.2) is 19.5 Å². The molecule has 8 aromatic carbocycles. The van der Waals surface area contributed by atoms with Crippen LogP contribution in [0.2, 0.25) is 0 Å². The molecule has 12 aromatic rings. The van der Waals surface area contributed by atoms with Crippen LogP contribution in [-0.2, 0) is 0 Å². The van der Waals surface area contributed by atoms with E-state index in [1.807, 2.05) is 72.8 Å². The van der Waals surface area contributed by atoms with Gasteiger partial charge in [0.05, 0.1) is 11.0 Å². The van der Waals surface area contributed by atoms with Crippen molar-refractivity contribution in [3.8, 4) is 51.0 Å². The second-order valence-corrected chi connectivity index (χ2v) is 14.4. The molecule has 6 nitrogen and oxygen atoms in total. The van der Waals surface area contributed by atoms with E-state index in [1.54, 1.807) is 0 Å². The Labute approximate surface area is 325 Å². The number of rotatable bonds is 5. The summed E-state index contributed by atoms with van der Waals surface area (Å²) in [5.41, 5.74) is 11.6. The summed E-state index contributed by atoms with van der Waals surface area (Å²) in [5.74, 6) is 1.82. The molecule has 0 saturated carbocycles. The second-order valence-electron chi connectivity index (χ2n) is 14.4. The molecular weight excluding hydrogens is 701 g/mol. The molecule has 0 saturated heterocycles. The first-order valence-electron chi connectivity index (χ1n) is 19.0. The van der Waals surface area contributed by atoms with Crippen LogP contribution in [0.15, 0.2) is 191 Å². The number of aromatic nitrogens is 4. The van der Waals surface area contributed by atoms with Crippen molar-refractivity contribution in [3.05, 3.63) is 182 Å². The molecule has 0 amide bonds. The lowest BCUT2D eigenvalue weighted by Gasteiger charge is -2.09. The number of furan rings is 2. The quantitative estimate of drug-likeness (QED) is 0.176. The highest BCUT2D eigenvalue weighted by atomic mass is 16.3. The van der Waals surface area contributed by atoms with Gasteiger partial charge in [-0.25, -0.2) is 15.0 Å². The molecule has 0 atom stereocenters. The van der Waals surface area contributed by atoms with Crippen LogP contribution < -0.4 is 0 Å². The molecule has 0 aliphatic heterocycles. The van der Waals surface area contributed by atoms with E-state index in [0.717, 1.165) is 82.9 Å². The van der Waals surface area contributed by atoms with Gasteiger partial charge in [-0.1, -0.05) is 127 Å². The van der Waals surface area contributed by atoms with Gasteiger partial charge in [-0.3, -0.25) is 0 Å². The lowest BCUT2D eigenvalue weighted by molar-refractivity contribution is 0.664. The van der Waals surface area contributed by atoms with Crippen LogP contribution in [0.1, 0.15) is 0 Å². The number of fused-ring (bicyclic) bond motifs is 9. The van der Waals surface area contributed by atoms with Crippen molar-refractivity contribution >= 4 is 65.7 Å². The largest absolute Gasteiger partial charge is 0.456 e. The van der Waals surface area contributed by atoms with Crippen LogP contribution >= 0.6 is 0 Å². The zero-order valence-electron chi connectivity index (χ0n) is 30.4. The molecule has 0 radical (unpaired) electrons. The Balaban J connectivity index is 1.01. The van der Waals surface area contributed by atoms with E-state index in [4.69, 9.17) is 23.8 Å². The molecule has 6 heteroatoms. The molecule has 0 N–H and O–H groups in total. The number of para-hydroxylation sites is 2. The van der Waals surface area contributed by atoms with E-state index in [2.05, 4.69) is 114 Å². The molecule has 4 heterocycles. The van der Waals surface area contributed by atoms with Crippen LogP contribution in [0.25, 0.3) is 117 Å². The lowest BCUT2D eigenvalue weighted by atomic mass is 9.98. The SMILES string of the molecule is c1ccc(-c2nc(-c3ccccc3)nc(-c3ccc4c(c3)oc3cc5c(cc34)oc3cccc(-c4ccc6c7ccccc7n(-c7ccccc7)c6c4)c35)n2)cc1. The maximum absolute atomic E-state index is 6.66. The number of hydrogen-bond donors (Lipinski definition) is 0. The van der Waals surface area contributed by atoms with Gasteiger partial charge in [0.2, 0.25) is 0 Å². The second kappa shape index (κ2) is 12.3. The predicted octanol–water partition coefficient (Wildman–Crippen LogP) is 13.4. The van der Waals surface area contributed by atoms with Gasteiger partial charge in [0.1, 0.15) is 22.3 Å². The van der Waals surface area contributed by atoms with Gasteiger partial charge in [0.15, 0.2) is 17.5 Å². The van der Waals surface area contributed by atoms with Crippen molar-refractivity contribution < 1.29 is 8.83 Å². The maximum atomic E-state index is 6.66. The molecular formula is C51H30N4O2. The third-order valence-corrected chi connectivity index (χ3v) is 11.0. The standard InChI is InChI=1S/C51H30N4O2/c1-4-13-31(14-5-1)49-52-50(32-15-6-2-7-16-32)54-51(53-49)34-24-26-39-40-29-47-41(30-46(40)57-45(39)28-34)48-36(20-12-22-44(48)56-47)33-23-25-38-37-19-10-11-21-42(37)55(43(38)27-33)35-17-8-3-9-18-35/h1-30H. The third-order valence-electron chi connectivity index (χ3n) is 11.0. The Bertz CT molecular complexity index is 3450. The van der Waals surface area contributed by atoms with Crippen LogP contribution in [0.4, 0.5) is 0 Å². The molecule has 12 rings (SSSR count). The summed E-state index contributed by atoms with van der Waals surface area (Å²) in [6.07, 6.45) is 0. The summed E-state index contributed by atoms with van der Waals surface area (Å²) in [6.45, 7) is 0. The zero-order valence-corrected chi connectivity index (χ0v) is 30.4. The predicted molar refractivity (Wildman–Crippen MR) is 230 cm³/mol. The van der Waals surface area contributed by atoms with Crippen molar-refractivity contribution in [1.82, 2.24) is 19.5 Å². The van der Waals surface area contributed by atoms with E-state index >= 15 is 0 Å². The highest BCUT2D eigenvalue weighted by Crippen LogP contribution is 2.42. The number of benzene rings is 8. The van der Waals surface area contributed by atoms with Gasteiger partial charge >= 0.3 is 0 Å². The van der Waals surface area contributed by atoms with E-state index in [9.17, 15) is 0 Å². The summed E-state index contributed by atoms with van der Waals surface area (Å²) < 4.78 is 15.6. The molecule has 0 fully saturated rings. The van der Waals surface area contributed by atoms with Gasteiger partial charge in [-0.2, -0.15) is 0 Å². The summed E-state index contributed by atoms with van der Waals surface area (Å²) in [4.78, 5) is 14.7. The molecule has 266 valence electrons. The van der Waals surface area contributed by atoms with Gasteiger partial charge in [0, 0.05) is 54.7 Å². The third kappa shape index (κ3) is 5.01. The fourth-order valence-electron chi connectivity index (χ4n) is 8.41. The molecule has 0 aliphatic rings. The van der Waals surface area contributed by atoms with Gasteiger partial charge in [-0.05, 0) is 65.7 Å². The summed E-state index contributed by atoms with van der Waals surface area (Å²) in [5, 5.41) is 6.50. The first-order valence-corrected chi connectivity index (χ1v) is 19.0. The van der Waals surface area contributed by atoms with E-state index < -0.39 is 0 Å². The summed E-state index contributed by atoms with van der Waals surface area (Å²) in [7, 11) is 0. The molecule has 0 spiro atoms. The molecule has 57 heavy (non-hydrogen) atoms. The van der Waals surface area contributed by atoms with Crippen molar-refractivity contribution in [1.29, 1.82) is 0 Å². The minimum Gasteiger partial charge on any atom is -0.456 e. The lowest BCUT2D eigenvalue weighted by Crippen LogP contribution is -2.00. The smallest absolute Gasteiger partial charge is 0.164 e. The highest BCUT2D eigenvalue weighted by molar-refractivity contribution is 6.19. The summed E-state index contributed by atoms with van der Waals surface area (Å²) >= 11 is 0. The van der Waals surface area contributed by atoms with E-state index in [0.29, 0.717) is 17.5 Å². The van der Waals surface area contributed by atoms with Crippen LogP contribution in [0.5, 0.6) is 0 Å². The van der Waals surface area contributed by atoms with Gasteiger partial charge in [0.25, 0.3) is 0 Å². The molecule has 0 bridgehead atoms. The van der Waals surface area contributed by atoms with Gasteiger partial charge in [-0.15, -0.1) is 0 Å². The Morgan fingerprint density at radius 2 is 0.895 bits per heavy atom. The van der Waals surface area contributed by atoms with Crippen molar-refractivity contribution in [2.24, 2.45) is 0 Å². The molecule has 4 aromatic heterocycles. The Morgan fingerprint density at radius 3 is 1.65 bits per heavy atom. The number of hydrogen-bond acceptors (Lipinski definition) is 5. The Hall–Kier alpha value is -7.83. The highest BCUT2D eigenvalue weighted by Gasteiger charge is 2.20. The molecule has 0 aliphatic carbocycles. The Morgan fingerprint density at radius 1 is 0.333 bits per heavy atom. The minimum atomic E-state index is 0.581. The number of nitrogens with zero attached hydrogens (tertiary/aromatic N) is 4. The Kier molecular flexibility index (Phi) is 6.83. The summed E-state index contributed by atoms with van der Waals surface area (Å²) in [6, 6.07) is 62.7. The normalized spacial score (nSPS) is 11.9. The van der Waals surface area contributed by atoms with Crippen molar-refractivity contribution in [3.63, 3.8) is 0 Å². The van der Waals surface area contributed by atoms with Crippen LogP contribution in [0, 0.1) is 0 Å². The van der Waals surface area contributed by atoms with E-state index in [1.165, 1.54) is 16.3 Å². The fraction of sp³-hybridized carbons (Fsp3) is 0. The topological polar surface area (TPSA) is 69.9 Å².